The van der Waals surface area contributed by atoms with E-state index in [-0.39, 0.29) is 16.4 Å². The summed E-state index contributed by atoms with van der Waals surface area (Å²) in [6, 6.07) is 2.64. The highest BCUT2D eigenvalue weighted by Crippen LogP contribution is 2.32. The van der Waals surface area contributed by atoms with Gasteiger partial charge in [-0.2, -0.15) is 13.2 Å². The standard InChI is InChI=1S/C11H10F3N5OS/c1-5-18-19-10(21-5)16-9(20)7-4-6(11(12,13)14)2-3-8(7)17-15/h2-4,17H,15H2,1H3,(H,16,19,20). The number of amides is 1. The highest BCUT2D eigenvalue weighted by molar-refractivity contribution is 7.15. The fraction of sp³-hybridized carbons (Fsp3) is 0.182. The van der Waals surface area contributed by atoms with E-state index in [2.05, 4.69) is 20.9 Å². The Hall–Kier alpha value is -2.20. The van der Waals surface area contributed by atoms with E-state index in [1.54, 1.807) is 6.92 Å². The minimum absolute atomic E-state index is 0.0711. The highest BCUT2D eigenvalue weighted by atomic mass is 32.1. The number of nitrogens with one attached hydrogen (secondary N) is 2. The largest absolute Gasteiger partial charge is 0.416 e. The van der Waals surface area contributed by atoms with Crippen LogP contribution in [0.4, 0.5) is 24.0 Å². The fourth-order valence-electron chi connectivity index (χ4n) is 1.55. The lowest BCUT2D eigenvalue weighted by atomic mass is 10.1. The van der Waals surface area contributed by atoms with Gasteiger partial charge in [-0.05, 0) is 25.1 Å². The molecule has 0 atom stereocenters. The van der Waals surface area contributed by atoms with Gasteiger partial charge in [-0.1, -0.05) is 11.3 Å². The summed E-state index contributed by atoms with van der Waals surface area (Å²) in [6.07, 6.45) is -4.55. The smallest absolute Gasteiger partial charge is 0.323 e. The minimum atomic E-state index is -4.55. The average Bonchev–Trinajstić information content (AvgIpc) is 2.82. The number of nitrogens with two attached hydrogens (primary N) is 1. The van der Waals surface area contributed by atoms with Gasteiger partial charge in [-0.15, -0.1) is 10.2 Å². The fourth-order valence-corrected chi connectivity index (χ4v) is 2.13. The van der Waals surface area contributed by atoms with Crippen molar-refractivity contribution in [2.45, 2.75) is 13.1 Å². The summed E-state index contributed by atoms with van der Waals surface area (Å²) in [6.45, 7) is 1.68. The number of hydrogen-bond donors (Lipinski definition) is 3. The summed E-state index contributed by atoms with van der Waals surface area (Å²) in [7, 11) is 0. The molecule has 0 radical (unpaired) electrons. The Kier molecular flexibility index (Phi) is 4.09. The number of rotatable bonds is 3. The summed E-state index contributed by atoms with van der Waals surface area (Å²) in [5, 5.41) is 10.6. The van der Waals surface area contributed by atoms with Gasteiger partial charge in [0.15, 0.2) is 0 Å². The number of hydrogen-bond acceptors (Lipinski definition) is 6. The van der Waals surface area contributed by atoms with Crippen molar-refractivity contribution in [1.82, 2.24) is 10.2 Å². The number of nitrogens with zero attached hydrogens (tertiary/aromatic N) is 2. The topological polar surface area (TPSA) is 92.9 Å². The van der Waals surface area contributed by atoms with Gasteiger partial charge in [0, 0.05) is 0 Å². The molecule has 0 saturated carbocycles. The molecule has 1 heterocycles. The molecule has 2 aromatic rings. The molecule has 6 nitrogen and oxygen atoms in total. The predicted octanol–water partition coefficient (Wildman–Crippen LogP) is 2.40. The molecule has 112 valence electrons. The molecule has 4 N–H and O–H groups in total. The van der Waals surface area contributed by atoms with Crippen molar-refractivity contribution in [3.8, 4) is 0 Å². The molecule has 0 fully saturated rings. The van der Waals surface area contributed by atoms with Crippen LogP contribution >= 0.6 is 11.3 Å². The minimum Gasteiger partial charge on any atom is -0.323 e. The van der Waals surface area contributed by atoms with Crippen LogP contribution < -0.4 is 16.6 Å². The van der Waals surface area contributed by atoms with Crippen molar-refractivity contribution in [2.24, 2.45) is 5.84 Å². The summed E-state index contributed by atoms with van der Waals surface area (Å²) >= 11 is 1.11. The number of aromatic nitrogens is 2. The van der Waals surface area contributed by atoms with Crippen LogP contribution in [0, 0.1) is 6.92 Å². The normalized spacial score (nSPS) is 11.3. The molecule has 0 unspecified atom stereocenters. The van der Waals surface area contributed by atoms with Crippen LogP contribution in [0.1, 0.15) is 20.9 Å². The lowest BCUT2D eigenvalue weighted by Gasteiger charge is -2.12. The summed E-state index contributed by atoms with van der Waals surface area (Å²) in [4.78, 5) is 12.0. The van der Waals surface area contributed by atoms with E-state index in [0.717, 1.165) is 29.5 Å². The Labute approximate surface area is 121 Å². The number of carbonyl (C=O) groups excluding carboxylic acids is 1. The van der Waals surface area contributed by atoms with E-state index in [0.29, 0.717) is 5.01 Å². The number of alkyl halides is 3. The molecule has 0 spiro atoms. The van der Waals surface area contributed by atoms with E-state index >= 15 is 0 Å². The van der Waals surface area contributed by atoms with E-state index in [1.165, 1.54) is 0 Å². The van der Waals surface area contributed by atoms with Gasteiger partial charge < -0.3 is 5.43 Å². The molecule has 0 aliphatic rings. The zero-order valence-corrected chi connectivity index (χ0v) is 11.5. The van der Waals surface area contributed by atoms with Crippen LogP contribution in [0.5, 0.6) is 0 Å². The number of anilines is 2. The lowest BCUT2D eigenvalue weighted by Crippen LogP contribution is -2.18. The number of aryl methyl sites for hydroxylation is 1. The second kappa shape index (κ2) is 5.66. The summed E-state index contributed by atoms with van der Waals surface area (Å²) in [5.41, 5.74) is 1.08. The van der Waals surface area contributed by atoms with Crippen molar-refractivity contribution >= 4 is 28.1 Å². The Morgan fingerprint density at radius 1 is 1.33 bits per heavy atom. The van der Waals surface area contributed by atoms with Crippen LogP contribution in [0.3, 0.4) is 0 Å². The molecule has 10 heteroatoms. The number of halogens is 3. The quantitative estimate of drug-likeness (QED) is 0.597. The Morgan fingerprint density at radius 3 is 2.57 bits per heavy atom. The van der Waals surface area contributed by atoms with Gasteiger partial charge in [-0.25, -0.2) is 0 Å². The number of benzene rings is 1. The first kappa shape index (κ1) is 15.2. The maximum absolute atomic E-state index is 12.7. The third-order valence-electron chi connectivity index (χ3n) is 2.49. The van der Waals surface area contributed by atoms with Crippen molar-refractivity contribution in [1.29, 1.82) is 0 Å². The number of hydrazine groups is 1. The van der Waals surface area contributed by atoms with E-state index in [9.17, 15) is 18.0 Å². The third kappa shape index (κ3) is 3.47. The van der Waals surface area contributed by atoms with Crippen molar-refractivity contribution in [2.75, 3.05) is 10.7 Å². The van der Waals surface area contributed by atoms with Crippen LogP contribution in [-0.4, -0.2) is 16.1 Å². The van der Waals surface area contributed by atoms with E-state index in [1.807, 2.05) is 0 Å². The molecule has 1 amide bonds. The molecule has 0 saturated heterocycles. The molecule has 1 aromatic carbocycles. The molecule has 0 bridgehead atoms. The number of nitrogen functional groups attached to an aromatic ring is 1. The van der Waals surface area contributed by atoms with E-state index in [4.69, 9.17) is 5.84 Å². The monoisotopic (exact) mass is 317 g/mol. The second-order valence-corrected chi connectivity index (χ2v) is 5.16. The van der Waals surface area contributed by atoms with E-state index < -0.39 is 17.6 Å². The average molecular weight is 317 g/mol. The van der Waals surface area contributed by atoms with Gasteiger partial charge in [0.25, 0.3) is 5.91 Å². The Bertz CT molecular complexity index is 670. The molecule has 21 heavy (non-hydrogen) atoms. The van der Waals surface area contributed by atoms with Gasteiger partial charge >= 0.3 is 6.18 Å². The molecule has 1 aromatic heterocycles. The SMILES string of the molecule is Cc1nnc(NC(=O)c2cc(C(F)(F)F)ccc2NN)s1. The Balaban J connectivity index is 2.34. The lowest BCUT2D eigenvalue weighted by molar-refractivity contribution is -0.137. The Morgan fingerprint density at radius 2 is 2.05 bits per heavy atom. The van der Waals surface area contributed by atoms with Crippen molar-refractivity contribution in [3.05, 3.63) is 34.3 Å². The van der Waals surface area contributed by atoms with Gasteiger partial charge in [-0.3, -0.25) is 16.0 Å². The van der Waals surface area contributed by atoms with Crippen LogP contribution in [0.2, 0.25) is 0 Å². The first-order valence-corrected chi connectivity index (χ1v) is 6.42. The molecule has 2 rings (SSSR count). The van der Waals surface area contributed by atoms with Crippen LogP contribution in [-0.2, 0) is 6.18 Å². The zero-order valence-electron chi connectivity index (χ0n) is 10.7. The van der Waals surface area contributed by atoms with Crippen molar-refractivity contribution in [3.63, 3.8) is 0 Å². The summed E-state index contributed by atoms with van der Waals surface area (Å²) in [5.74, 6) is 4.45. The molecule has 0 aliphatic carbocycles. The second-order valence-electron chi connectivity index (χ2n) is 3.98. The highest BCUT2D eigenvalue weighted by Gasteiger charge is 2.31. The molecular weight excluding hydrogens is 307 g/mol. The summed E-state index contributed by atoms with van der Waals surface area (Å²) < 4.78 is 38.1. The molecular formula is C11H10F3N5OS. The van der Waals surface area contributed by atoms with Gasteiger partial charge in [0.2, 0.25) is 5.13 Å². The number of carbonyl (C=O) groups is 1. The van der Waals surface area contributed by atoms with Crippen LogP contribution in [0.25, 0.3) is 0 Å². The predicted molar refractivity (Wildman–Crippen MR) is 71.9 cm³/mol. The third-order valence-corrected chi connectivity index (χ3v) is 3.25. The maximum Gasteiger partial charge on any atom is 0.416 e. The maximum atomic E-state index is 12.7. The van der Waals surface area contributed by atoms with Gasteiger partial charge in [0.1, 0.15) is 5.01 Å². The zero-order chi connectivity index (χ0) is 15.6. The van der Waals surface area contributed by atoms with Crippen molar-refractivity contribution < 1.29 is 18.0 Å². The van der Waals surface area contributed by atoms with Crippen LogP contribution in [0.15, 0.2) is 18.2 Å². The molecule has 0 aliphatic heterocycles. The first-order chi connectivity index (χ1) is 9.81. The van der Waals surface area contributed by atoms with Gasteiger partial charge in [0.05, 0.1) is 16.8 Å². The first-order valence-electron chi connectivity index (χ1n) is 5.60.